The second-order valence-corrected chi connectivity index (χ2v) is 6.31. The molecule has 0 unspecified atom stereocenters. The van der Waals surface area contributed by atoms with Gasteiger partial charge in [0.1, 0.15) is 5.82 Å². The molecule has 0 bridgehead atoms. The first kappa shape index (κ1) is 17.4. The fraction of sp³-hybridized carbons (Fsp3) is 0.350. The van der Waals surface area contributed by atoms with Crippen LogP contribution in [0, 0.1) is 5.82 Å². The minimum atomic E-state index is -0.138. The van der Waals surface area contributed by atoms with Crippen molar-refractivity contribution in [3.05, 3.63) is 71.5 Å². The highest BCUT2D eigenvalue weighted by Gasteiger charge is 2.20. The fourth-order valence-electron chi connectivity index (χ4n) is 3.04. The average Bonchev–Trinajstić information content (AvgIpc) is 2.67. The van der Waals surface area contributed by atoms with E-state index in [1.807, 2.05) is 47.4 Å². The standard InChI is InChI=1S/C20H24FN3O/c21-19-9-5-4-8-18(19)10-11-23-12-14-24(15-13-23)20(25)22-16-17-6-2-1-3-7-17/h1-9H,10-16H2,(H,22,25). The van der Waals surface area contributed by atoms with Crippen molar-refractivity contribution in [1.29, 1.82) is 0 Å². The molecule has 25 heavy (non-hydrogen) atoms. The first-order chi connectivity index (χ1) is 12.2. The molecule has 0 aliphatic carbocycles. The molecule has 2 aromatic carbocycles. The van der Waals surface area contributed by atoms with Crippen LogP contribution in [0.4, 0.5) is 9.18 Å². The van der Waals surface area contributed by atoms with Crippen molar-refractivity contribution in [1.82, 2.24) is 15.1 Å². The van der Waals surface area contributed by atoms with Crippen LogP contribution >= 0.6 is 0 Å². The Bertz CT molecular complexity index is 684. The van der Waals surface area contributed by atoms with Gasteiger partial charge in [0.05, 0.1) is 0 Å². The Morgan fingerprint density at radius 3 is 2.36 bits per heavy atom. The van der Waals surface area contributed by atoms with Crippen LogP contribution in [-0.4, -0.2) is 48.6 Å². The first-order valence-corrected chi connectivity index (χ1v) is 8.75. The van der Waals surface area contributed by atoms with Crippen molar-refractivity contribution >= 4 is 6.03 Å². The zero-order chi connectivity index (χ0) is 17.5. The van der Waals surface area contributed by atoms with E-state index in [0.717, 1.165) is 30.8 Å². The zero-order valence-electron chi connectivity index (χ0n) is 14.3. The summed E-state index contributed by atoms with van der Waals surface area (Å²) >= 11 is 0. The number of carbonyl (C=O) groups excluding carboxylic acids is 1. The molecular weight excluding hydrogens is 317 g/mol. The third kappa shape index (κ3) is 5.03. The number of halogens is 1. The van der Waals surface area contributed by atoms with E-state index < -0.39 is 0 Å². The lowest BCUT2D eigenvalue weighted by molar-refractivity contribution is 0.139. The fourth-order valence-corrected chi connectivity index (χ4v) is 3.04. The minimum absolute atomic E-state index is 0.0161. The lowest BCUT2D eigenvalue weighted by Gasteiger charge is -2.34. The lowest BCUT2D eigenvalue weighted by atomic mass is 10.1. The number of amides is 2. The van der Waals surface area contributed by atoms with Crippen molar-refractivity contribution < 1.29 is 9.18 Å². The molecule has 4 nitrogen and oxygen atoms in total. The summed E-state index contributed by atoms with van der Waals surface area (Å²) in [7, 11) is 0. The number of hydrogen-bond acceptors (Lipinski definition) is 2. The summed E-state index contributed by atoms with van der Waals surface area (Å²) in [5, 5.41) is 2.97. The molecule has 0 radical (unpaired) electrons. The van der Waals surface area contributed by atoms with Crippen molar-refractivity contribution in [3.63, 3.8) is 0 Å². The lowest BCUT2D eigenvalue weighted by Crippen LogP contribution is -2.51. The second-order valence-electron chi connectivity index (χ2n) is 6.31. The number of nitrogens with zero attached hydrogens (tertiary/aromatic N) is 2. The molecule has 1 saturated heterocycles. The van der Waals surface area contributed by atoms with E-state index in [1.54, 1.807) is 6.07 Å². The van der Waals surface area contributed by atoms with Gasteiger partial charge in [-0.2, -0.15) is 0 Å². The largest absolute Gasteiger partial charge is 0.334 e. The topological polar surface area (TPSA) is 35.6 Å². The van der Waals surface area contributed by atoms with E-state index in [-0.39, 0.29) is 11.8 Å². The van der Waals surface area contributed by atoms with Gasteiger partial charge < -0.3 is 10.2 Å². The molecule has 5 heteroatoms. The highest BCUT2D eigenvalue weighted by atomic mass is 19.1. The van der Waals surface area contributed by atoms with Crippen molar-refractivity contribution in [3.8, 4) is 0 Å². The van der Waals surface area contributed by atoms with Gasteiger partial charge in [-0.1, -0.05) is 48.5 Å². The van der Waals surface area contributed by atoms with Crippen LogP contribution in [0.1, 0.15) is 11.1 Å². The molecule has 1 N–H and O–H groups in total. The van der Waals surface area contributed by atoms with Crippen LogP contribution in [0.5, 0.6) is 0 Å². The van der Waals surface area contributed by atoms with E-state index in [9.17, 15) is 9.18 Å². The molecule has 2 aromatic rings. The average molecular weight is 341 g/mol. The number of nitrogens with one attached hydrogen (secondary N) is 1. The summed E-state index contributed by atoms with van der Waals surface area (Å²) in [6.45, 7) is 4.43. The van der Waals surface area contributed by atoms with Crippen LogP contribution in [0.25, 0.3) is 0 Å². The molecule has 1 heterocycles. The predicted molar refractivity (Wildman–Crippen MR) is 96.8 cm³/mol. The maximum absolute atomic E-state index is 13.7. The van der Waals surface area contributed by atoms with E-state index in [4.69, 9.17) is 0 Å². The Hall–Kier alpha value is -2.40. The molecule has 2 amide bonds. The third-order valence-corrected chi connectivity index (χ3v) is 4.60. The maximum atomic E-state index is 13.7. The summed E-state index contributed by atoms with van der Waals surface area (Å²) in [5.41, 5.74) is 1.85. The molecule has 0 spiro atoms. The summed E-state index contributed by atoms with van der Waals surface area (Å²) in [4.78, 5) is 16.4. The van der Waals surface area contributed by atoms with E-state index in [2.05, 4.69) is 10.2 Å². The monoisotopic (exact) mass is 341 g/mol. The van der Waals surface area contributed by atoms with Gasteiger partial charge in [0.15, 0.2) is 0 Å². The molecule has 3 rings (SSSR count). The normalized spacial score (nSPS) is 15.2. The summed E-state index contributed by atoms with van der Waals surface area (Å²) in [6, 6.07) is 16.8. The predicted octanol–water partition coefficient (Wildman–Crippen LogP) is 2.90. The number of carbonyl (C=O) groups is 1. The van der Waals surface area contributed by atoms with Crippen LogP contribution in [-0.2, 0) is 13.0 Å². The van der Waals surface area contributed by atoms with Crippen molar-refractivity contribution in [2.24, 2.45) is 0 Å². The number of piperazine rings is 1. The smallest absolute Gasteiger partial charge is 0.317 e. The van der Waals surface area contributed by atoms with Crippen LogP contribution in [0.2, 0.25) is 0 Å². The highest BCUT2D eigenvalue weighted by molar-refractivity contribution is 5.74. The molecule has 0 aromatic heterocycles. The Balaban J connectivity index is 1.39. The van der Waals surface area contributed by atoms with Gasteiger partial charge >= 0.3 is 6.03 Å². The SMILES string of the molecule is O=C(NCc1ccccc1)N1CCN(CCc2ccccc2F)CC1. The maximum Gasteiger partial charge on any atom is 0.317 e. The minimum Gasteiger partial charge on any atom is -0.334 e. The molecule has 0 atom stereocenters. The number of benzene rings is 2. The molecule has 0 saturated carbocycles. The molecule has 1 fully saturated rings. The summed E-state index contributed by atoms with van der Waals surface area (Å²) in [5.74, 6) is -0.138. The Labute approximate surface area is 148 Å². The van der Waals surface area contributed by atoms with E-state index >= 15 is 0 Å². The van der Waals surface area contributed by atoms with Crippen LogP contribution in [0.15, 0.2) is 54.6 Å². The van der Waals surface area contributed by atoms with Gasteiger partial charge in [0.25, 0.3) is 0 Å². The van der Waals surface area contributed by atoms with Gasteiger partial charge in [-0.25, -0.2) is 9.18 Å². The molecule has 1 aliphatic rings. The number of urea groups is 1. The van der Waals surface area contributed by atoms with E-state index in [1.165, 1.54) is 6.07 Å². The van der Waals surface area contributed by atoms with Gasteiger partial charge in [0.2, 0.25) is 0 Å². The van der Waals surface area contributed by atoms with Crippen LogP contribution < -0.4 is 5.32 Å². The van der Waals surface area contributed by atoms with E-state index in [0.29, 0.717) is 26.1 Å². The quantitative estimate of drug-likeness (QED) is 0.908. The molecular formula is C20H24FN3O. The van der Waals surface area contributed by atoms with Crippen molar-refractivity contribution in [2.45, 2.75) is 13.0 Å². The van der Waals surface area contributed by atoms with Gasteiger partial charge in [-0.15, -0.1) is 0 Å². The summed E-state index contributed by atoms with van der Waals surface area (Å²) < 4.78 is 13.7. The van der Waals surface area contributed by atoms with Crippen LogP contribution in [0.3, 0.4) is 0 Å². The second kappa shape index (κ2) is 8.62. The number of hydrogen-bond donors (Lipinski definition) is 1. The molecule has 132 valence electrons. The third-order valence-electron chi connectivity index (χ3n) is 4.60. The van der Waals surface area contributed by atoms with Gasteiger partial charge in [-0.3, -0.25) is 4.90 Å². The molecule has 1 aliphatic heterocycles. The van der Waals surface area contributed by atoms with Gasteiger partial charge in [-0.05, 0) is 23.6 Å². The first-order valence-electron chi connectivity index (χ1n) is 8.75. The Morgan fingerprint density at radius 2 is 1.64 bits per heavy atom. The Morgan fingerprint density at radius 1 is 0.960 bits per heavy atom. The zero-order valence-corrected chi connectivity index (χ0v) is 14.3. The highest BCUT2D eigenvalue weighted by Crippen LogP contribution is 2.09. The van der Waals surface area contributed by atoms with Crippen molar-refractivity contribution in [2.75, 3.05) is 32.7 Å². The number of rotatable bonds is 5. The summed E-state index contributed by atoms with van der Waals surface area (Å²) in [6.07, 6.45) is 0.701. The Kier molecular flexibility index (Phi) is 6.01. The van der Waals surface area contributed by atoms with Gasteiger partial charge in [0, 0.05) is 39.3 Å².